The lowest BCUT2D eigenvalue weighted by Crippen LogP contribution is -2.19. The van der Waals surface area contributed by atoms with Gasteiger partial charge in [0.05, 0.1) is 0 Å². The van der Waals surface area contributed by atoms with Gasteiger partial charge in [-0.3, -0.25) is 0 Å². The molecule has 0 saturated heterocycles. The lowest BCUT2D eigenvalue weighted by atomic mass is 9.95. The van der Waals surface area contributed by atoms with Crippen LogP contribution in [0.3, 0.4) is 0 Å². The van der Waals surface area contributed by atoms with Crippen LogP contribution in [0.2, 0.25) is 0 Å². The summed E-state index contributed by atoms with van der Waals surface area (Å²) in [7, 11) is 0. The van der Waals surface area contributed by atoms with Crippen LogP contribution in [-0.2, 0) is 12.0 Å². The van der Waals surface area contributed by atoms with E-state index in [-0.39, 0.29) is 11.2 Å². The van der Waals surface area contributed by atoms with Crippen LogP contribution in [0.1, 0.15) is 39.1 Å². The summed E-state index contributed by atoms with van der Waals surface area (Å²) in [6, 6.07) is 4.99. The molecule has 0 atom stereocenters. The summed E-state index contributed by atoms with van der Waals surface area (Å²) in [4.78, 5) is 4.71. The molecule has 0 aliphatic carbocycles. The van der Waals surface area contributed by atoms with Crippen molar-refractivity contribution in [1.29, 1.82) is 0 Å². The molecule has 0 aliphatic rings. The van der Waals surface area contributed by atoms with E-state index in [9.17, 15) is 4.39 Å². The first kappa shape index (κ1) is 14.6. The molecule has 0 saturated carbocycles. The predicted octanol–water partition coefficient (Wildman–Crippen LogP) is 3.90. The van der Waals surface area contributed by atoms with Crippen LogP contribution in [0.5, 0.6) is 0 Å². The Balaban J connectivity index is 2.63. The van der Waals surface area contributed by atoms with Gasteiger partial charge in [0, 0.05) is 17.5 Å². The van der Waals surface area contributed by atoms with Gasteiger partial charge in [0.25, 0.3) is 0 Å². The second-order valence-corrected chi connectivity index (χ2v) is 6.13. The number of nitrogens with two attached hydrogens (primary N) is 1. The maximum absolute atomic E-state index is 13.4. The average molecular weight is 275 g/mol. The van der Waals surface area contributed by atoms with Gasteiger partial charge < -0.3 is 10.3 Å². The van der Waals surface area contributed by atoms with Gasteiger partial charge in [-0.15, -0.1) is 0 Å². The molecule has 2 aromatic rings. The molecule has 0 amide bonds. The summed E-state index contributed by atoms with van der Waals surface area (Å²) in [5.41, 5.74) is 8.35. The zero-order chi connectivity index (χ0) is 15.1. The first-order valence-electron chi connectivity index (χ1n) is 6.88. The molecule has 0 aliphatic heterocycles. The van der Waals surface area contributed by atoms with Crippen LogP contribution in [-0.4, -0.2) is 9.55 Å². The van der Waals surface area contributed by atoms with Gasteiger partial charge in [-0.1, -0.05) is 20.8 Å². The molecule has 0 bridgehead atoms. The Morgan fingerprint density at radius 2 is 1.95 bits per heavy atom. The van der Waals surface area contributed by atoms with Gasteiger partial charge in [0.1, 0.15) is 23.2 Å². The average Bonchev–Trinajstić information content (AvgIpc) is 2.69. The van der Waals surface area contributed by atoms with E-state index in [4.69, 9.17) is 10.7 Å². The van der Waals surface area contributed by atoms with Crippen molar-refractivity contribution in [3.05, 3.63) is 35.4 Å². The van der Waals surface area contributed by atoms with E-state index in [1.54, 1.807) is 19.1 Å². The summed E-state index contributed by atoms with van der Waals surface area (Å²) in [6.45, 7) is 10.9. The minimum absolute atomic E-state index is 0.0859. The van der Waals surface area contributed by atoms with Gasteiger partial charge in [-0.05, 0) is 37.6 Å². The second kappa shape index (κ2) is 4.93. The van der Waals surface area contributed by atoms with Crippen LogP contribution in [0.15, 0.2) is 18.2 Å². The van der Waals surface area contributed by atoms with Crippen molar-refractivity contribution < 1.29 is 4.39 Å². The molecule has 108 valence electrons. The van der Waals surface area contributed by atoms with Crippen molar-refractivity contribution >= 4 is 5.82 Å². The van der Waals surface area contributed by atoms with E-state index in [0.29, 0.717) is 11.4 Å². The fourth-order valence-corrected chi connectivity index (χ4v) is 2.36. The highest BCUT2D eigenvalue weighted by Crippen LogP contribution is 2.32. The van der Waals surface area contributed by atoms with E-state index < -0.39 is 0 Å². The van der Waals surface area contributed by atoms with Gasteiger partial charge in [-0.2, -0.15) is 0 Å². The van der Waals surface area contributed by atoms with Crippen LogP contribution < -0.4 is 5.73 Å². The Bertz CT molecular complexity index is 636. The zero-order valence-electron chi connectivity index (χ0n) is 12.8. The van der Waals surface area contributed by atoms with Crippen molar-refractivity contribution in [2.75, 3.05) is 5.73 Å². The summed E-state index contributed by atoms with van der Waals surface area (Å²) < 4.78 is 15.4. The summed E-state index contributed by atoms with van der Waals surface area (Å²) in [6.07, 6.45) is 0. The molecule has 0 radical (unpaired) electrons. The fourth-order valence-electron chi connectivity index (χ4n) is 2.36. The molecular weight excluding hydrogens is 253 g/mol. The number of nitrogen functional groups attached to an aromatic ring is 1. The quantitative estimate of drug-likeness (QED) is 0.903. The molecule has 3 nitrogen and oxygen atoms in total. The highest BCUT2D eigenvalue weighted by molar-refractivity contribution is 5.71. The molecular formula is C16H22FN3. The van der Waals surface area contributed by atoms with Crippen molar-refractivity contribution in [1.82, 2.24) is 9.55 Å². The SMILES string of the molecule is CCn1c(C(C)(C)C)nc(-c2ccc(F)c(C)c2)c1N. The van der Waals surface area contributed by atoms with Crippen molar-refractivity contribution in [3.63, 3.8) is 0 Å². The molecule has 2 N–H and O–H groups in total. The van der Waals surface area contributed by atoms with E-state index >= 15 is 0 Å². The highest BCUT2D eigenvalue weighted by atomic mass is 19.1. The molecule has 2 rings (SSSR count). The van der Waals surface area contributed by atoms with Crippen molar-refractivity contribution in [2.45, 2.75) is 46.6 Å². The maximum Gasteiger partial charge on any atom is 0.131 e. The minimum Gasteiger partial charge on any atom is -0.383 e. The third-order valence-corrected chi connectivity index (χ3v) is 3.43. The first-order valence-corrected chi connectivity index (χ1v) is 6.88. The highest BCUT2D eigenvalue weighted by Gasteiger charge is 2.24. The molecule has 0 fully saturated rings. The van der Waals surface area contributed by atoms with Gasteiger partial charge in [0.2, 0.25) is 0 Å². The fraction of sp³-hybridized carbons (Fsp3) is 0.438. The van der Waals surface area contributed by atoms with Crippen LogP contribution >= 0.6 is 0 Å². The normalized spacial score (nSPS) is 11.9. The molecule has 4 heteroatoms. The topological polar surface area (TPSA) is 43.8 Å². The van der Waals surface area contributed by atoms with Crippen molar-refractivity contribution in [2.24, 2.45) is 0 Å². The lowest BCUT2D eigenvalue weighted by Gasteiger charge is -2.19. The molecule has 0 unspecified atom stereocenters. The Labute approximate surface area is 119 Å². The molecule has 1 heterocycles. The van der Waals surface area contributed by atoms with Gasteiger partial charge >= 0.3 is 0 Å². The predicted molar refractivity (Wildman–Crippen MR) is 81.1 cm³/mol. The summed E-state index contributed by atoms with van der Waals surface area (Å²) in [5.74, 6) is 1.39. The third kappa shape index (κ3) is 2.42. The number of halogens is 1. The van der Waals surface area contributed by atoms with Gasteiger partial charge in [-0.25, -0.2) is 9.37 Å². The largest absolute Gasteiger partial charge is 0.383 e. The van der Waals surface area contributed by atoms with E-state index in [1.807, 2.05) is 11.5 Å². The molecule has 1 aromatic heterocycles. The number of benzene rings is 1. The number of aryl methyl sites for hydroxylation is 1. The Kier molecular flexibility index (Phi) is 3.59. The zero-order valence-corrected chi connectivity index (χ0v) is 12.8. The van der Waals surface area contributed by atoms with Crippen molar-refractivity contribution in [3.8, 4) is 11.3 Å². The minimum atomic E-state index is -0.210. The Morgan fingerprint density at radius 1 is 1.30 bits per heavy atom. The summed E-state index contributed by atoms with van der Waals surface area (Å²) in [5, 5.41) is 0. The number of anilines is 1. The number of aromatic nitrogens is 2. The van der Waals surface area contributed by atoms with E-state index in [2.05, 4.69) is 20.8 Å². The number of hydrogen-bond donors (Lipinski definition) is 1. The van der Waals surface area contributed by atoms with Crippen LogP contribution in [0, 0.1) is 12.7 Å². The third-order valence-electron chi connectivity index (χ3n) is 3.43. The number of rotatable bonds is 2. The summed E-state index contributed by atoms with van der Waals surface area (Å²) >= 11 is 0. The standard InChI is InChI=1S/C16H22FN3/c1-6-20-14(18)13(19-15(20)16(3,4)5)11-7-8-12(17)10(2)9-11/h7-9H,6,18H2,1-5H3. The Morgan fingerprint density at radius 3 is 2.40 bits per heavy atom. The van der Waals surface area contributed by atoms with E-state index in [1.165, 1.54) is 6.07 Å². The number of nitrogens with zero attached hydrogens (tertiary/aromatic N) is 2. The Hall–Kier alpha value is -1.84. The monoisotopic (exact) mass is 275 g/mol. The molecule has 1 aromatic carbocycles. The van der Waals surface area contributed by atoms with Crippen LogP contribution in [0.25, 0.3) is 11.3 Å². The smallest absolute Gasteiger partial charge is 0.131 e. The van der Waals surface area contributed by atoms with Crippen LogP contribution in [0.4, 0.5) is 10.2 Å². The number of hydrogen-bond acceptors (Lipinski definition) is 2. The van der Waals surface area contributed by atoms with E-state index in [0.717, 1.165) is 23.6 Å². The molecule has 20 heavy (non-hydrogen) atoms. The van der Waals surface area contributed by atoms with Gasteiger partial charge in [0.15, 0.2) is 0 Å². The molecule has 0 spiro atoms. The second-order valence-electron chi connectivity index (χ2n) is 6.13. The maximum atomic E-state index is 13.4. The lowest BCUT2D eigenvalue weighted by molar-refractivity contribution is 0.508. The number of imidazole rings is 1. The first-order chi connectivity index (χ1) is 9.25.